The average Bonchev–Trinajstić information content (AvgIpc) is 3.23. The van der Waals surface area contributed by atoms with Crippen molar-refractivity contribution < 1.29 is 14.3 Å². The molecule has 1 aliphatic rings. The molecular weight excluding hydrogens is 382 g/mol. The van der Waals surface area contributed by atoms with Gasteiger partial charge in [0.15, 0.2) is 11.5 Å². The predicted octanol–water partition coefficient (Wildman–Crippen LogP) is 3.18. The van der Waals surface area contributed by atoms with E-state index < -0.39 is 0 Å². The van der Waals surface area contributed by atoms with Crippen LogP contribution in [0.5, 0.6) is 5.75 Å². The van der Waals surface area contributed by atoms with Crippen LogP contribution < -0.4 is 10.1 Å². The molecule has 1 aromatic carbocycles. The number of nitrogens with zero attached hydrogens (tertiary/aromatic N) is 4. The maximum absolute atomic E-state index is 12.7. The van der Waals surface area contributed by atoms with Crippen molar-refractivity contribution in [2.45, 2.75) is 44.8 Å². The zero-order chi connectivity index (χ0) is 21.1. The van der Waals surface area contributed by atoms with Gasteiger partial charge in [-0.2, -0.15) is 0 Å². The molecular formula is C22H27N5O3. The second-order valence-electron chi connectivity index (χ2n) is 7.73. The molecule has 0 unspecified atom stereocenters. The standard InChI is InChI=1S/C22H27N5O3/c1-14(24-22(28)16-5-4-6-18(11-16)30-3)21-25-20-12-19(23-13-27(20)26-21)15-7-9-17(29-2)10-8-15/h7-10,12-14,16,18H,4-6,11H2,1-3H3,(H,24,28)/t14-,16+,18-/m0/s1. The Morgan fingerprint density at radius 2 is 2.03 bits per heavy atom. The normalized spacial score (nSPS) is 20.1. The number of methoxy groups -OCH3 is 2. The summed E-state index contributed by atoms with van der Waals surface area (Å²) in [6.07, 6.45) is 5.50. The van der Waals surface area contributed by atoms with E-state index in [1.807, 2.05) is 37.3 Å². The first kappa shape index (κ1) is 20.3. The van der Waals surface area contributed by atoms with Crippen LogP contribution in [0.4, 0.5) is 0 Å². The molecule has 0 aliphatic heterocycles. The summed E-state index contributed by atoms with van der Waals surface area (Å²) >= 11 is 0. The van der Waals surface area contributed by atoms with Gasteiger partial charge in [0.2, 0.25) is 5.91 Å². The number of ether oxygens (including phenoxy) is 2. The number of hydrogen-bond acceptors (Lipinski definition) is 6. The largest absolute Gasteiger partial charge is 0.497 e. The maximum atomic E-state index is 12.7. The lowest BCUT2D eigenvalue weighted by molar-refractivity contribution is -0.128. The Hall–Kier alpha value is -3.00. The number of hydrogen-bond donors (Lipinski definition) is 1. The summed E-state index contributed by atoms with van der Waals surface area (Å²) in [5.74, 6) is 1.38. The SMILES string of the molecule is COc1ccc(-c2cc3nc([C@H](C)NC(=O)[C@@H]4CCC[C@H](OC)C4)nn3cn2)cc1. The van der Waals surface area contributed by atoms with Crippen molar-refractivity contribution in [3.05, 3.63) is 42.5 Å². The van der Waals surface area contributed by atoms with Crippen LogP contribution in [0.15, 0.2) is 36.7 Å². The van der Waals surface area contributed by atoms with Crippen LogP contribution in [0.3, 0.4) is 0 Å². The summed E-state index contributed by atoms with van der Waals surface area (Å²) in [5.41, 5.74) is 2.45. The fourth-order valence-corrected chi connectivity index (χ4v) is 3.91. The van der Waals surface area contributed by atoms with Gasteiger partial charge in [-0.3, -0.25) is 4.79 Å². The summed E-state index contributed by atoms with van der Waals surface area (Å²) in [4.78, 5) is 21.8. The molecule has 3 aromatic rings. The van der Waals surface area contributed by atoms with Crippen LogP contribution in [0, 0.1) is 5.92 Å². The van der Waals surface area contributed by atoms with Gasteiger partial charge in [0, 0.05) is 24.7 Å². The van der Waals surface area contributed by atoms with E-state index >= 15 is 0 Å². The van der Waals surface area contributed by atoms with E-state index in [2.05, 4.69) is 20.4 Å². The van der Waals surface area contributed by atoms with E-state index in [1.165, 1.54) is 0 Å². The van der Waals surface area contributed by atoms with E-state index in [4.69, 9.17) is 9.47 Å². The second kappa shape index (κ2) is 8.79. The van der Waals surface area contributed by atoms with Gasteiger partial charge in [-0.25, -0.2) is 14.5 Å². The number of carbonyl (C=O) groups is 1. The topological polar surface area (TPSA) is 90.6 Å². The number of carbonyl (C=O) groups excluding carboxylic acids is 1. The highest BCUT2D eigenvalue weighted by Gasteiger charge is 2.28. The number of amides is 1. The monoisotopic (exact) mass is 409 g/mol. The van der Waals surface area contributed by atoms with Crippen molar-refractivity contribution in [2.24, 2.45) is 5.92 Å². The molecule has 2 aromatic heterocycles. The van der Waals surface area contributed by atoms with Gasteiger partial charge in [0.25, 0.3) is 0 Å². The number of benzene rings is 1. The second-order valence-corrected chi connectivity index (χ2v) is 7.73. The van der Waals surface area contributed by atoms with Crippen molar-refractivity contribution in [3.63, 3.8) is 0 Å². The molecule has 1 N–H and O–H groups in total. The van der Waals surface area contributed by atoms with Gasteiger partial charge in [0.1, 0.15) is 12.1 Å². The van der Waals surface area contributed by atoms with Crippen molar-refractivity contribution in [1.29, 1.82) is 0 Å². The summed E-state index contributed by atoms with van der Waals surface area (Å²) in [7, 11) is 3.35. The molecule has 158 valence electrons. The Morgan fingerprint density at radius 1 is 1.23 bits per heavy atom. The first-order valence-electron chi connectivity index (χ1n) is 10.3. The fourth-order valence-electron chi connectivity index (χ4n) is 3.91. The van der Waals surface area contributed by atoms with Gasteiger partial charge in [-0.05, 0) is 50.5 Å². The third-order valence-corrected chi connectivity index (χ3v) is 5.71. The molecule has 0 radical (unpaired) electrons. The van der Waals surface area contributed by atoms with E-state index in [0.29, 0.717) is 11.5 Å². The zero-order valence-electron chi connectivity index (χ0n) is 17.5. The molecule has 30 heavy (non-hydrogen) atoms. The minimum absolute atomic E-state index is 0.0217. The first-order chi connectivity index (χ1) is 14.6. The summed E-state index contributed by atoms with van der Waals surface area (Å²) in [5, 5.41) is 7.55. The van der Waals surface area contributed by atoms with Crippen LogP contribution in [0.2, 0.25) is 0 Å². The lowest BCUT2D eigenvalue weighted by Gasteiger charge is -2.28. The number of nitrogens with one attached hydrogen (secondary N) is 1. The Bertz CT molecular complexity index is 1020. The Kier molecular flexibility index (Phi) is 5.94. The molecule has 2 heterocycles. The smallest absolute Gasteiger partial charge is 0.223 e. The van der Waals surface area contributed by atoms with Crippen molar-refractivity contribution >= 4 is 11.6 Å². The van der Waals surface area contributed by atoms with Gasteiger partial charge in [-0.1, -0.05) is 6.42 Å². The fraction of sp³-hybridized carbons (Fsp3) is 0.455. The average molecular weight is 409 g/mol. The van der Waals surface area contributed by atoms with E-state index in [0.717, 1.165) is 42.7 Å². The van der Waals surface area contributed by atoms with Crippen LogP contribution >= 0.6 is 0 Å². The van der Waals surface area contributed by atoms with Crippen molar-refractivity contribution in [2.75, 3.05) is 14.2 Å². The third-order valence-electron chi connectivity index (χ3n) is 5.71. The van der Waals surface area contributed by atoms with E-state index in [9.17, 15) is 4.79 Å². The highest BCUT2D eigenvalue weighted by atomic mass is 16.5. The quantitative estimate of drug-likeness (QED) is 0.672. The van der Waals surface area contributed by atoms with E-state index in [1.54, 1.807) is 25.1 Å². The lowest BCUT2D eigenvalue weighted by Crippen LogP contribution is -2.37. The van der Waals surface area contributed by atoms with Crippen LogP contribution in [0.1, 0.15) is 44.5 Å². The molecule has 0 saturated heterocycles. The minimum Gasteiger partial charge on any atom is -0.497 e. The van der Waals surface area contributed by atoms with Gasteiger partial charge in [-0.15, -0.1) is 5.10 Å². The maximum Gasteiger partial charge on any atom is 0.223 e. The molecule has 1 amide bonds. The minimum atomic E-state index is -0.287. The summed E-state index contributed by atoms with van der Waals surface area (Å²) in [6.45, 7) is 1.90. The molecule has 4 rings (SSSR count). The summed E-state index contributed by atoms with van der Waals surface area (Å²) in [6, 6.07) is 9.30. The molecule has 8 nitrogen and oxygen atoms in total. The predicted molar refractivity (Wildman–Crippen MR) is 112 cm³/mol. The lowest BCUT2D eigenvalue weighted by atomic mass is 9.86. The number of aromatic nitrogens is 4. The Labute approximate surface area is 175 Å². The number of rotatable bonds is 6. The highest BCUT2D eigenvalue weighted by Crippen LogP contribution is 2.27. The molecule has 0 spiro atoms. The first-order valence-corrected chi connectivity index (χ1v) is 10.3. The van der Waals surface area contributed by atoms with Gasteiger partial charge < -0.3 is 14.8 Å². The Balaban J connectivity index is 1.48. The van der Waals surface area contributed by atoms with Crippen molar-refractivity contribution in [1.82, 2.24) is 24.9 Å². The highest BCUT2D eigenvalue weighted by molar-refractivity contribution is 5.79. The molecule has 1 aliphatic carbocycles. The van der Waals surface area contributed by atoms with Crippen LogP contribution in [0.25, 0.3) is 16.9 Å². The molecule has 1 fully saturated rings. The third kappa shape index (κ3) is 4.28. The zero-order valence-corrected chi connectivity index (χ0v) is 17.5. The van der Waals surface area contributed by atoms with Crippen molar-refractivity contribution in [3.8, 4) is 17.0 Å². The number of fused-ring (bicyclic) bond motifs is 1. The summed E-state index contributed by atoms with van der Waals surface area (Å²) < 4.78 is 12.3. The van der Waals surface area contributed by atoms with E-state index in [-0.39, 0.29) is 24.0 Å². The van der Waals surface area contributed by atoms with Gasteiger partial charge in [0.05, 0.1) is 24.9 Å². The molecule has 0 bridgehead atoms. The van der Waals surface area contributed by atoms with Crippen LogP contribution in [-0.2, 0) is 9.53 Å². The van der Waals surface area contributed by atoms with Gasteiger partial charge >= 0.3 is 0 Å². The Morgan fingerprint density at radius 3 is 2.77 bits per heavy atom. The molecule has 8 heteroatoms. The molecule has 1 saturated carbocycles. The molecule has 3 atom stereocenters. The van der Waals surface area contributed by atoms with Crippen LogP contribution in [-0.4, -0.2) is 45.8 Å².